The van der Waals surface area contributed by atoms with E-state index >= 15 is 0 Å². The van der Waals surface area contributed by atoms with Gasteiger partial charge in [0.05, 0.1) is 5.56 Å². The van der Waals surface area contributed by atoms with Crippen LogP contribution in [0.25, 0.3) is 0 Å². The van der Waals surface area contributed by atoms with Crippen molar-refractivity contribution in [3.8, 4) is 0 Å². The van der Waals surface area contributed by atoms with Gasteiger partial charge >= 0.3 is 0 Å². The van der Waals surface area contributed by atoms with E-state index in [2.05, 4.69) is 5.32 Å². The van der Waals surface area contributed by atoms with Gasteiger partial charge in [0.2, 0.25) is 5.91 Å². The number of nitrogens with zero attached hydrogens (tertiary/aromatic N) is 1. The van der Waals surface area contributed by atoms with Crippen LogP contribution in [0.1, 0.15) is 43.0 Å². The lowest BCUT2D eigenvalue weighted by molar-refractivity contribution is -0.134. The van der Waals surface area contributed by atoms with E-state index in [-0.39, 0.29) is 11.8 Å². The normalized spacial score (nSPS) is 20.2. The van der Waals surface area contributed by atoms with Crippen molar-refractivity contribution < 1.29 is 9.59 Å². The molecule has 1 aromatic carbocycles. The number of hydrogen-bond donors (Lipinski definition) is 2. The number of likely N-dealkylation sites (tertiary alicyclic amines) is 1. The number of piperidine rings is 1. The van der Waals surface area contributed by atoms with Crippen molar-refractivity contribution in [3.63, 3.8) is 0 Å². The predicted molar refractivity (Wildman–Crippen MR) is 90.3 cm³/mol. The van der Waals surface area contributed by atoms with Crippen molar-refractivity contribution in [1.29, 1.82) is 0 Å². The van der Waals surface area contributed by atoms with Crippen LogP contribution in [0.4, 0.5) is 5.69 Å². The molecule has 1 aromatic rings. The number of anilines is 1. The van der Waals surface area contributed by atoms with Gasteiger partial charge in [-0.15, -0.1) is 0 Å². The Morgan fingerprint density at radius 3 is 2.48 bits per heavy atom. The molecule has 3 rings (SSSR count). The Bertz CT molecular complexity index is 633. The summed E-state index contributed by atoms with van der Waals surface area (Å²) in [4.78, 5) is 26.6. The molecule has 0 bridgehead atoms. The zero-order chi connectivity index (χ0) is 16.6. The van der Waals surface area contributed by atoms with Crippen molar-refractivity contribution in [3.05, 3.63) is 28.8 Å². The fraction of sp³-hybridized carbons (Fsp3) is 0.529. The minimum absolute atomic E-state index is 0.0265. The lowest BCUT2D eigenvalue weighted by Gasteiger charge is -2.33. The van der Waals surface area contributed by atoms with Gasteiger partial charge in [-0.2, -0.15) is 0 Å². The Morgan fingerprint density at radius 1 is 1.26 bits per heavy atom. The minimum atomic E-state index is -0.564. The highest BCUT2D eigenvalue weighted by Gasteiger charge is 2.45. The molecule has 1 saturated carbocycles. The fourth-order valence-corrected chi connectivity index (χ4v) is 3.41. The molecule has 0 aromatic heterocycles. The molecule has 2 aliphatic rings. The molecule has 124 valence electrons. The standard InChI is InChI=1S/C17H22ClN3O2/c1-11(16(23)21-8-6-17(4-5-17)7-9-21)20-15(22)13-3-2-12(18)10-14(13)19/h2-3,10-11H,4-9,19H2,1H3,(H,20,22)/t11-/m1/s1. The zero-order valence-electron chi connectivity index (χ0n) is 13.3. The van der Waals surface area contributed by atoms with Crippen LogP contribution in [-0.4, -0.2) is 35.8 Å². The summed E-state index contributed by atoms with van der Waals surface area (Å²) < 4.78 is 0. The lowest BCUT2D eigenvalue weighted by atomic mass is 9.93. The van der Waals surface area contributed by atoms with Gasteiger partial charge in [0.15, 0.2) is 0 Å². The summed E-state index contributed by atoms with van der Waals surface area (Å²) in [7, 11) is 0. The molecule has 5 nitrogen and oxygen atoms in total. The number of nitrogens with one attached hydrogen (secondary N) is 1. The van der Waals surface area contributed by atoms with Crippen LogP contribution in [0.5, 0.6) is 0 Å². The SMILES string of the molecule is C[C@@H](NC(=O)c1ccc(Cl)cc1N)C(=O)N1CCC2(CC1)CC2. The number of halogens is 1. The molecule has 1 spiro atoms. The quantitative estimate of drug-likeness (QED) is 0.833. The van der Waals surface area contributed by atoms with Crippen LogP contribution in [0.3, 0.4) is 0 Å². The molecule has 3 N–H and O–H groups in total. The van der Waals surface area contributed by atoms with E-state index in [1.807, 2.05) is 4.90 Å². The molecule has 0 radical (unpaired) electrons. The molecule has 2 fully saturated rings. The van der Waals surface area contributed by atoms with E-state index in [0.29, 0.717) is 21.7 Å². The Labute approximate surface area is 141 Å². The van der Waals surface area contributed by atoms with Gasteiger partial charge in [-0.25, -0.2) is 0 Å². The van der Waals surface area contributed by atoms with Gasteiger partial charge in [-0.1, -0.05) is 11.6 Å². The predicted octanol–water partition coefficient (Wildman–Crippen LogP) is 2.44. The summed E-state index contributed by atoms with van der Waals surface area (Å²) >= 11 is 5.83. The average Bonchev–Trinajstić information content (AvgIpc) is 3.26. The minimum Gasteiger partial charge on any atom is -0.398 e. The maximum atomic E-state index is 12.5. The monoisotopic (exact) mass is 335 g/mol. The summed E-state index contributed by atoms with van der Waals surface area (Å²) in [5.41, 5.74) is 6.99. The summed E-state index contributed by atoms with van der Waals surface area (Å²) in [6.45, 7) is 3.30. The van der Waals surface area contributed by atoms with Gasteiger partial charge < -0.3 is 16.0 Å². The van der Waals surface area contributed by atoms with Crippen LogP contribution < -0.4 is 11.1 Å². The van der Waals surface area contributed by atoms with Crippen molar-refractivity contribution in [2.24, 2.45) is 5.41 Å². The first-order chi connectivity index (χ1) is 10.9. The van der Waals surface area contributed by atoms with Crippen molar-refractivity contribution in [1.82, 2.24) is 10.2 Å². The highest BCUT2D eigenvalue weighted by atomic mass is 35.5. The molecule has 1 aliphatic carbocycles. The summed E-state index contributed by atoms with van der Waals surface area (Å²) in [6, 6.07) is 4.15. The topological polar surface area (TPSA) is 75.4 Å². The highest BCUT2D eigenvalue weighted by molar-refractivity contribution is 6.31. The van der Waals surface area contributed by atoms with E-state index in [1.165, 1.54) is 18.9 Å². The van der Waals surface area contributed by atoms with Gasteiger partial charge in [0.25, 0.3) is 5.91 Å². The van der Waals surface area contributed by atoms with Gasteiger partial charge in [-0.05, 0) is 56.2 Å². The van der Waals surface area contributed by atoms with E-state index in [1.54, 1.807) is 19.1 Å². The summed E-state index contributed by atoms with van der Waals surface area (Å²) in [6.07, 6.45) is 4.78. The second kappa shape index (κ2) is 6.04. The molecule has 2 amide bonds. The molecule has 1 aliphatic heterocycles. The first-order valence-corrected chi connectivity index (χ1v) is 8.43. The lowest BCUT2D eigenvalue weighted by Crippen LogP contribution is -2.49. The molecule has 1 atom stereocenters. The first-order valence-electron chi connectivity index (χ1n) is 8.05. The van der Waals surface area contributed by atoms with E-state index in [4.69, 9.17) is 17.3 Å². The average molecular weight is 336 g/mol. The number of carbonyl (C=O) groups excluding carboxylic acids is 2. The van der Waals surface area contributed by atoms with Crippen molar-refractivity contribution in [2.45, 2.75) is 38.6 Å². The fourth-order valence-electron chi connectivity index (χ4n) is 3.23. The Balaban J connectivity index is 1.58. The third-order valence-electron chi connectivity index (χ3n) is 5.07. The maximum Gasteiger partial charge on any atom is 0.254 e. The second-order valence-corrected chi connectivity index (χ2v) is 7.19. The molecule has 1 heterocycles. The zero-order valence-corrected chi connectivity index (χ0v) is 14.0. The smallest absolute Gasteiger partial charge is 0.254 e. The van der Waals surface area contributed by atoms with Gasteiger partial charge in [0.1, 0.15) is 6.04 Å². The molecular weight excluding hydrogens is 314 g/mol. The third kappa shape index (κ3) is 3.44. The van der Waals surface area contributed by atoms with Gasteiger partial charge in [0, 0.05) is 23.8 Å². The van der Waals surface area contributed by atoms with Gasteiger partial charge in [-0.3, -0.25) is 9.59 Å². The van der Waals surface area contributed by atoms with Crippen molar-refractivity contribution in [2.75, 3.05) is 18.8 Å². The number of benzene rings is 1. The third-order valence-corrected chi connectivity index (χ3v) is 5.30. The Morgan fingerprint density at radius 2 is 1.91 bits per heavy atom. The van der Waals surface area contributed by atoms with Crippen LogP contribution in [-0.2, 0) is 4.79 Å². The number of rotatable bonds is 3. The summed E-state index contributed by atoms with van der Waals surface area (Å²) in [5, 5.41) is 3.21. The van der Waals surface area contributed by atoms with Crippen LogP contribution in [0.15, 0.2) is 18.2 Å². The highest BCUT2D eigenvalue weighted by Crippen LogP contribution is 2.53. The van der Waals surface area contributed by atoms with E-state index < -0.39 is 6.04 Å². The van der Waals surface area contributed by atoms with E-state index in [9.17, 15) is 9.59 Å². The van der Waals surface area contributed by atoms with Crippen LogP contribution in [0, 0.1) is 5.41 Å². The first kappa shape index (κ1) is 16.1. The molecule has 6 heteroatoms. The maximum absolute atomic E-state index is 12.5. The molecule has 1 saturated heterocycles. The van der Waals surface area contributed by atoms with Crippen LogP contribution >= 0.6 is 11.6 Å². The number of nitrogens with two attached hydrogens (primary N) is 1. The Hall–Kier alpha value is -1.75. The number of nitrogen functional groups attached to an aromatic ring is 1. The summed E-state index contributed by atoms with van der Waals surface area (Å²) in [5.74, 6) is -0.378. The number of amides is 2. The Kier molecular flexibility index (Phi) is 4.23. The largest absolute Gasteiger partial charge is 0.398 e. The second-order valence-electron chi connectivity index (χ2n) is 6.75. The van der Waals surface area contributed by atoms with Crippen LogP contribution in [0.2, 0.25) is 5.02 Å². The number of carbonyl (C=O) groups is 2. The van der Waals surface area contributed by atoms with Crippen molar-refractivity contribution >= 4 is 29.1 Å². The number of hydrogen-bond acceptors (Lipinski definition) is 3. The van der Waals surface area contributed by atoms with E-state index in [0.717, 1.165) is 25.9 Å². The molecule has 0 unspecified atom stereocenters. The molecular formula is C17H22ClN3O2. The molecule has 23 heavy (non-hydrogen) atoms.